The summed E-state index contributed by atoms with van der Waals surface area (Å²) < 4.78 is 30.3. The monoisotopic (exact) mass is 453 g/mol. The molecule has 1 amide bonds. The molecule has 12 heteroatoms. The van der Waals surface area contributed by atoms with Crippen LogP contribution in [0.15, 0.2) is 23.6 Å². The van der Waals surface area contributed by atoms with Crippen molar-refractivity contribution in [2.75, 3.05) is 31.0 Å². The first-order valence-corrected chi connectivity index (χ1v) is 10.5. The second-order valence-electron chi connectivity index (χ2n) is 7.12. The van der Waals surface area contributed by atoms with E-state index in [-0.39, 0.29) is 29.5 Å². The Morgan fingerprint density at radius 2 is 2.23 bits per heavy atom. The predicted octanol–water partition coefficient (Wildman–Crippen LogP) is 3.07. The zero-order valence-electron chi connectivity index (χ0n) is 15.9. The quantitative estimate of drug-likeness (QED) is 0.465. The first-order chi connectivity index (χ1) is 14.2. The number of carbonyl (C=O) groups excluding carboxylic acids is 1. The number of aromatic nitrogens is 2. The molecule has 1 aliphatic rings. The van der Waals surface area contributed by atoms with Crippen molar-refractivity contribution in [3.8, 4) is 11.3 Å². The molecule has 0 saturated carbocycles. The lowest BCUT2D eigenvalue weighted by Gasteiger charge is -2.48. The molecule has 1 aliphatic heterocycles. The van der Waals surface area contributed by atoms with Gasteiger partial charge in [0.15, 0.2) is 11.8 Å². The van der Waals surface area contributed by atoms with Crippen LogP contribution in [0.5, 0.6) is 0 Å². The van der Waals surface area contributed by atoms with Crippen molar-refractivity contribution in [2.24, 2.45) is 0 Å². The summed E-state index contributed by atoms with van der Waals surface area (Å²) in [4.78, 5) is 18.4. The van der Waals surface area contributed by atoms with Gasteiger partial charge in [0.1, 0.15) is 16.6 Å². The number of anilines is 2. The van der Waals surface area contributed by atoms with Crippen molar-refractivity contribution in [2.45, 2.75) is 12.6 Å². The molecule has 2 N–H and O–H groups in total. The van der Waals surface area contributed by atoms with Gasteiger partial charge in [-0.05, 0) is 23.7 Å². The number of benzene rings is 1. The second-order valence-corrected chi connectivity index (χ2v) is 8.73. The van der Waals surface area contributed by atoms with Crippen molar-refractivity contribution in [1.29, 1.82) is 0 Å². The van der Waals surface area contributed by atoms with Crippen LogP contribution < -0.4 is 10.2 Å². The van der Waals surface area contributed by atoms with Gasteiger partial charge in [-0.15, -0.1) is 11.3 Å². The van der Waals surface area contributed by atoms with Crippen LogP contribution in [0.1, 0.15) is 17.5 Å². The highest BCUT2D eigenvalue weighted by Gasteiger charge is 2.39. The number of aliphatic hydroxyl groups excluding tert-OH is 1. The Kier molecular flexibility index (Phi) is 5.28. The predicted molar refractivity (Wildman–Crippen MR) is 110 cm³/mol. The second kappa shape index (κ2) is 7.63. The number of quaternary nitrogens is 1. The van der Waals surface area contributed by atoms with Gasteiger partial charge in [0.2, 0.25) is 12.1 Å². The van der Waals surface area contributed by atoms with Gasteiger partial charge in [-0.1, -0.05) is 0 Å². The number of hydroxylamine groups is 3. The highest BCUT2D eigenvalue weighted by atomic mass is 32.1. The maximum Gasteiger partial charge on any atom is 0.232 e. The van der Waals surface area contributed by atoms with Gasteiger partial charge in [0.25, 0.3) is 0 Å². The number of nitrogens with zero attached hydrogens (tertiary/aromatic N) is 4. The Labute approximate surface area is 178 Å². The molecule has 2 unspecified atom stereocenters. The Morgan fingerprint density at radius 1 is 1.47 bits per heavy atom. The van der Waals surface area contributed by atoms with Crippen molar-refractivity contribution in [1.82, 2.24) is 9.36 Å². The Morgan fingerprint density at radius 3 is 2.97 bits per heavy atom. The third-order valence-electron chi connectivity index (χ3n) is 4.68. The number of halogens is 2. The summed E-state index contributed by atoms with van der Waals surface area (Å²) in [6, 6.07) is 3.18. The molecule has 3 aromatic rings. The number of nitrogens with one attached hydrogen (secondary N) is 1. The maximum absolute atomic E-state index is 13.9. The number of hydrogen-bond acceptors (Lipinski definition) is 8. The molecule has 0 fully saturated rings. The zero-order chi connectivity index (χ0) is 21.6. The van der Waals surface area contributed by atoms with E-state index in [0.29, 0.717) is 16.3 Å². The van der Waals surface area contributed by atoms with Crippen molar-refractivity contribution in [3.63, 3.8) is 0 Å². The van der Waals surface area contributed by atoms with Crippen LogP contribution in [0.2, 0.25) is 0 Å². The van der Waals surface area contributed by atoms with E-state index in [1.807, 2.05) is 0 Å². The topological polar surface area (TPSA) is 101 Å². The van der Waals surface area contributed by atoms with Crippen molar-refractivity contribution in [3.05, 3.63) is 51.7 Å². The number of hydrogen-bond donors (Lipinski definition) is 2. The molecule has 2 atom stereocenters. The van der Waals surface area contributed by atoms with Crippen LogP contribution in [0.4, 0.5) is 18.9 Å². The Bertz CT molecular complexity index is 1120. The van der Waals surface area contributed by atoms with Crippen LogP contribution in [-0.2, 0) is 11.2 Å². The molecule has 0 saturated heterocycles. The molecule has 4 rings (SSSR count). The summed E-state index contributed by atoms with van der Waals surface area (Å²) in [5.41, 5.74) is 1.08. The van der Waals surface area contributed by atoms with Gasteiger partial charge in [-0.25, -0.2) is 13.8 Å². The third kappa shape index (κ3) is 3.79. The average Bonchev–Trinajstić information content (AvgIpc) is 3.27. The van der Waals surface area contributed by atoms with E-state index in [1.54, 1.807) is 17.3 Å². The lowest BCUT2D eigenvalue weighted by Crippen LogP contribution is -2.52. The van der Waals surface area contributed by atoms with Gasteiger partial charge in [0, 0.05) is 24.1 Å². The van der Waals surface area contributed by atoms with E-state index in [2.05, 4.69) is 14.7 Å². The number of amides is 1. The smallest absolute Gasteiger partial charge is 0.232 e. The largest absolute Gasteiger partial charge is 0.630 e. The zero-order valence-corrected chi connectivity index (χ0v) is 17.6. The first-order valence-electron chi connectivity index (χ1n) is 8.80. The molecule has 3 heterocycles. The Hall–Kier alpha value is -2.51. The van der Waals surface area contributed by atoms with Gasteiger partial charge in [-0.2, -0.15) is 4.37 Å². The molecule has 0 spiro atoms. The molecule has 8 nitrogen and oxygen atoms in total. The molecule has 0 radical (unpaired) electrons. The van der Waals surface area contributed by atoms with E-state index in [9.17, 15) is 23.9 Å². The summed E-state index contributed by atoms with van der Waals surface area (Å²) >= 11 is 2.21. The molecule has 1 aromatic carbocycles. The number of fused-ring (bicyclic) bond motifs is 1. The standard InChI is InChI=1S/C18H17F2N5O3S2/c1-24-8-25(2,28)17(27)15-12(23-30-16(15)24)6-14(26)22-18-21-13(7-29-18)10-4-3-9(19)5-11(10)20/h3-5,7,17,27H,6,8H2,1-2H3,(H,21,22,26). The fraction of sp³-hybridized carbons (Fsp3) is 0.278. The van der Waals surface area contributed by atoms with Gasteiger partial charge in [-0.3, -0.25) is 4.79 Å². The fourth-order valence-electron chi connectivity index (χ4n) is 3.29. The van der Waals surface area contributed by atoms with Crippen LogP contribution in [0.25, 0.3) is 11.3 Å². The normalized spacial score (nSPS) is 20.9. The van der Waals surface area contributed by atoms with Gasteiger partial charge in [0.05, 0.1) is 30.4 Å². The summed E-state index contributed by atoms with van der Waals surface area (Å²) in [6.07, 6.45) is -1.48. The van der Waals surface area contributed by atoms with Crippen LogP contribution >= 0.6 is 22.9 Å². The van der Waals surface area contributed by atoms with E-state index >= 15 is 0 Å². The molecular formula is C18H17F2N5O3S2. The van der Waals surface area contributed by atoms with Gasteiger partial charge >= 0.3 is 0 Å². The lowest BCUT2D eigenvalue weighted by molar-refractivity contribution is -0.917. The highest BCUT2D eigenvalue weighted by Crippen LogP contribution is 2.41. The average molecular weight is 453 g/mol. The molecule has 2 aromatic heterocycles. The molecule has 0 aliphatic carbocycles. The summed E-state index contributed by atoms with van der Waals surface area (Å²) in [6.45, 7) is 0.0732. The number of rotatable bonds is 4. The van der Waals surface area contributed by atoms with Crippen molar-refractivity contribution < 1.29 is 23.3 Å². The fourth-order valence-corrected chi connectivity index (χ4v) is 4.89. The Balaban J connectivity index is 1.50. The minimum Gasteiger partial charge on any atom is -0.630 e. The molecular weight excluding hydrogens is 436 g/mol. The minimum atomic E-state index is -1.33. The highest BCUT2D eigenvalue weighted by molar-refractivity contribution is 7.14. The number of aliphatic hydroxyl groups is 1. The number of thiazole rings is 1. The van der Waals surface area contributed by atoms with E-state index in [1.165, 1.54) is 13.1 Å². The summed E-state index contributed by atoms with van der Waals surface area (Å²) in [5.74, 6) is -1.87. The first kappa shape index (κ1) is 20.8. The third-order valence-corrected chi connectivity index (χ3v) is 6.46. The molecule has 30 heavy (non-hydrogen) atoms. The van der Waals surface area contributed by atoms with E-state index in [4.69, 9.17) is 0 Å². The maximum atomic E-state index is 13.9. The van der Waals surface area contributed by atoms with E-state index < -0.39 is 28.4 Å². The summed E-state index contributed by atoms with van der Waals surface area (Å²) in [5, 5.41) is 28.0. The van der Waals surface area contributed by atoms with Crippen LogP contribution in [0, 0.1) is 16.8 Å². The van der Waals surface area contributed by atoms with Crippen LogP contribution in [0.3, 0.4) is 0 Å². The molecule has 0 bridgehead atoms. The van der Waals surface area contributed by atoms with Gasteiger partial charge < -0.3 is 25.2 Å². The number of carbonyl (C=O) groups is 1. The van der Waals surface area contributed by atoms with E-state index in [0.717, 1.165) is 35.0 Å². The molecule has 158 valence electrons. The van der Waals surface area contributed by atoms with Crippen molar-refractivity contribution >= 4 is 38.9 Å². The SMILES string of the molecule is CN1C[N+](C)([O-])C(O)c2c(CC(=O)Nc3nc(-c4ccc(F)cc4F)cs3)nsc21. The lowest BCUT2D eigenvalue weighted by atomic mass is 10.1. The minimum absolute atomic E-state index is 0.0732. The van der Waals surface area contributed by atoms with Crippen LogP contribution in [-0.4, -0.2) is 45.8 Å². The summed E-state index contributed by atoms with van der Waals surface area (Å²) in [7, 11) is 3.09.